The average molecular weight is 439 g/mol. The Morgan fingerprint density at radius 3 is 2.57 bits per heavy atom. The highest BCUT2D eigenvalue weighted by atomic mass is 127. The van der Waals surface area contributed by atoms with Crippen LogP contribution in [0.5, 0.6) is 0 Å². The highest BCUT2D eigenvalue weighted by Crippen LogP contribution is 2.27. The fourth-order valence-corrected chi connectivity index (χ4v) is 3.01. The van der Waals surface area contributed by atoms with Crippen LogP contribution in [0.1, 0.15) is 5.82 Å². The topological polar surface area (TPSA) is 17.8 Å². The first kappa shape index (κ1) is 15.0. The second-order valence-electron chi connectivity index (χ2n) is 4.38. The van der Waals surface area contributed by atoms with Gasteiger partial charge in [0.15, 0.2) is 0 Å². The molecule has 108 valence electrons. The van der Waals surface area contributed by atoms with Crippen LogP contribution in [0.2, 0.25) is 5.02 Å². The average Bonchev–Trinajstić information content (AvgIpc) is 2.75. The number of aromatic nitrogens is 2. The lowest BCUT2D eigenvalue weighted by Crippen LogP contribution is -2.00. The predicted octanol–water partition coefficient (Wildman–Crippen LogP) is 5.30. The van der Waals surface area contributed by atoms with Gasteiger partial charge in [0.2, 0.25) is 0 Å². The molecule has 21 heavy (non-hydrogen) atoms. The lowest BCUT2D eigenvalue weighted by molar-refractivity contribution is 0.621. The third kappa shape index (κ3) is 2.74. The van der Waals surface area contributed by atoms with Crippen molar-refractivity contribution in [3.8, 4) is 5.69 Å². The molecule has 0 aliphatic carbocycles. The fraction of sp³-hybridized carbons (Fsp3) is 0.0714. The molecule has 0 fully saturated rings. The van der Waals surface area contributed by atoms with E-state index in [1.165, 1.54) is 18.2 Å². The first-order chi connectivity index (χ1) is 9.99. The van der Waals surface area contributed by atoms with Crippen molar-refractivity contribution in [1.29, 1.82) is 0 Å². The van der Waals surface area contributed by atoms with Gasteiger partial charge in [0.1, 0.15) is 17.5 Å². The van der Waals surface area contributed by atoms with Crippen LogP contribution in [0, 0.1) is 15.2 Å². The van der Waals surface area contributed by atoms with Crippen LogP contribution in [0.3, 0.4) is 0 Å². The van der Waals surface area contributed by atoms with Crippen molar-refractivity contribution < 1.29 is 8.78 Å². The van der Waals surface area contributed by atoms with Gasteiger partial charge in [0.25, 0.3) is 0 Å². The molecule has 0 unspecified atom stereocenters. The molecule has 3 rings (SSSR count). The number of nitrogens with zero attached hydrogens (tertiary/aromatic N) is 2. The van der Waals surface area contributed by atoms with Crippen molar-refractivity contribution in [2.24, 2.45) is 0 Å². The van der Waals surface area contributed by atoms with E-state index in [4.69, 9.17) is 23.2 Å². The van der Waals surface area contributed by atoms with Gasteiger partial charge in [-0.15, -0.1) is 11.6 Å². The van der Waals surface area contributed by atoms with E-state index in [-0.39, 0.29) is 16.7 Å². The molecule has 0 bridgehead atoms. The Labute approximate surface area is 142 Å². The lowest BCUT2D eigenvalue weighted by Gasteiger charge is -2.09. The number of imidazole rings is 1. The molecule has 7 heteroatoms. The minimum atomic E-state index is -0.481. The van der Waals surface area contributed by atoms with Crippen LogP contribution in [0.4, 0.5) is 8.78 Å². The number of fused-ring (bicyclic) bond motifs is 1. The largest absolute Gasteiger partial charge is 0.295 e. The van der Waals surface area contributed by atoms with Crippen LogP contribution in [0.25, 0.3) is 16.7 Å². The molecule has 0 saturated heterocycles. The monoisotopic (exact) mass is 438 g/mol. The Kier molecular flexibility index (Phi) is 4.07. The SMILES string of the molecule is Fc1cc(Cl)cc(-n2c(CCl)nc3cc(I)c(F)cc32)c1. The number of hydrogen-bond acceptors (Lipinski definition) is 1. The second kappa shape index (κ2) is 5.70. The van der Waals surface area contributed by atoms with Gasteiger partial charge < -0.3 is 0 Å². The van der Waals surface area contributed by atoms with E-state index in [1.54, 1.807) is 16.7 Å². The molecule has 2 nitrogen and oxygen atoms in total. The summed E-state index contributed by atoms with van der Waals surface area (Å²) in [5.41, 5.74) is 1.57. The Bertz CT molecular complexity index is 828. The van der Waals surface area contributed by atoms with Crippen LogP contribution in [-0.4, -0.2) is 9.55 Å². The maximum Gasteiger partial charge on any atom is 0.138 e. The van der Waals surface area contributed by atoms with E-state index >= 15 is 0 Å². The third-order valence-corrected chi connectivity index (χ3v) is 4.27. The number of alkyl halides is 1. The Hall–Kier alpha value is -0.920. The summed E-state index contributed by atoms with van der Waals surface area (Å²) in [6, 6.07) is 7.07. The van der Waals surface area contributed by atoms with E-state index in [9.17, 15) is 8.78 Å². The summed E-state index contributed by atoms with van der Waals surface area (Å²) in [5, 5.41) is 0.248. The second-order valence-corrected chi connectivity index (χ2v) is 6.25. The summed E-state index contributed by atoms with van der Waals surface area (Å²) in [6.07, 6.45) is 0. The summed E-state index contributed by atoms with van der Waals surface area (Å²) >= 11 is 13.7. The van der Waals surface area contributed by atoms with Gasteiger partial charge >= 0.3 is 0 Å². The molecule has 0 aliphatic heterocycles. The summed E-state index contributed by atoms with van der Waals surface area (Å²) in [6.45, 7) is 0. The molecule has 3 aromatic rings. The van der Waals surface area contributed by atoms with Gasteiger partial charge in [0.05, 0.1) is 26.2 Å². The van der Waals surface area contributed by atoms with E-state index in [0.29, 0.717) is 26.1 Å². The number of rotatable bonds is 2. The molecule has 0 saturated carbocycles. The van der Waals surface area contributed by atoms with Crippen molar-refractivity contribution in [2.75, 3.05) is 0 Å². The number of hydrogen-bond donors (Lipinski definition) is 0. The van der Waals surface area contributed by atoms with Crippen molar-refractivity contribution in [1.82, 2.24) is 9.55 Å². The smallest absolute Gasteiger partial charge is 0.138 e. The molecule has 1 heterocycles. The molecular weight excluding hydrogens is 432 g/mol. The Morgan fingerprint density at radius 1 is 1.14 bits per heavy atom. The highest BCUT2D eigenvalue weighted by Gasteiger charge is 2.15. The minimum Gasteiger partial charge on any atom is -0.295 e. The third-order valence-electron chi connectivity index (χ3n) is 2.99. The van der Waals surface area contributed by atoms with Gasteiger partial charge in [-0.3, -0.25) is 4.57 Å². The Morgan fingerprint density at radius 2 is 1.90 bits per heavy atom. The van der Waals surface area contributed by atoms with Gasteiger partial charge in [-0.1, -0.05) is 11.6 Å². The maximum absolute atomic E-state index is 13.8. The maximum atomic E-state index is 13.8. The molecule has 0 radical (unpaired) electrons. The van der Waals surface area contributed by atoms with Crippen LogP contribution < -0.4 is 0 Å². The molecule has 0 amide bonds. The minimum absolute atomic E-state index is 0.112. The van der Waals surface area contributed by atoms with Crippen LogP contribution >= 0.6 is 45.8 Å². The van der Waals surface area contributed by atoms with Crippen LogP contribution in [0.15, 0.2) is 30.3 Å². The van der Waals surface area contributed by atoms with Gasteiger partial charge in [-0.05, 0) is 46.9 Å². The summed E-state index contributed by atoms with van der Waals surface area (Å²) in [5.74, 6) is -0.241. The Balaban J connectivity index is 2.36. The molecule has 0 spiro atoms. The zero-order chi connectivity index (χ0) is 15.1. The van der Waals surface area contributed by atoms with E-state index in [2.05, 4.69) is 4.98 Å². The standard InChI is InChI=1S/C14H7Cl2F2IN2/c15-6-14-20-12-5-11(19)10(18)4-13(12)21(14)9-2-7(16)1-8(17)3-9/h1-5H,6H2. The molecule has 0 aliphatic rings. The molecule has 2 aromatic carbocycles. The van der Waals surface area contributed by atoms with E-state index in [0.717, 1.165) is 0 Å². The number of halogens is 5. The molecule has 1 aromatic heterocycles. The molecular formula is C14H7Cl2F2IN2. The van der Waals surface area contributed by atoms with Crippen molar-refractivity contribution >= 4 is 56.8 Å². The summed E-state index contributed by atoms with van der Waals surface area (Å²) in [7, 11) is 0. The zero-order valence-corrected chi connectivity index (χ0v) is 14.0. The van der Waals surface area contributed by atoms with Crippen molar-refractivity contribution in [3.05, 3.63) is 56.4 Å². The van der Waals surface area contributed by atoms with Crippen molar-refractivity contribution in [2.45, 2.75) is 5.88 Å². The van der Waals surface area contributed by atoms with Crippen molar-refractivity contribution in [3.63, 3.8) is 0 Å². The first-order valence-electron chi connectivity index (χ1n) is 5.88. The van der Waals surface area contributed by atoms with Crippen LogP contribution in [-0.2, 0) is 5.88 Å². The predicted molar refractivity (Wildman–Crippen MR) is 88.3 cm³/mol. The summed E-state index contributed by atoms with van der Waals surface area (Å²) in [4.78, 5) is 4.36. The lowest BCUT2D eigenvalue weighted by atomic mass is 10.2. The van der Waals surface area contributed by atoms with Gasteiger partial charge in [0, 0.05) is 11.1 Å². The fourth-order valence-electron chi connectivity index (χ4n) is 2.17. The normalized spacial score (nSPS) is 11.3. The number of benzene rings is 2. The zero-order valence-electron chi connectivity index (χ0n) is 10.4. The highest BCUT2D eigenvalue weighted by molar-refractivity contribution is 14.1. The molecule has 0 N–H and O–H groups in total. The van der Waals surface area contributed by atoms with Gasteiger partial charge in [-0.2, -0.15) is 0 Å². The summed E-state index contributed by atoms with van der Waals surface area (Å²) < 4.78 is 29.5. The molecule has 0 atom stereocenters. The quantitative estimate of drug-likeness (QED) is 0.392. The van der Waals surface area contributed by atoms with Gasteiger partial charge in [-0.25, -0.2) is 13.8 Å². The van der Waals surface area contributed by atoms with E-state index in [1.807, 2.05) is 22.6 Å². The van der Waals surface area contributed by atoms with E-state index < -0.39 is 5.82 Å². The first-order valence-corrected chi connectivity index (χ1v) is 7.87.